The number of hydrogen-bond donors (Lipinski definition) is 2. The fourth-order valence-corrected chi connectivity index (χ4v) is 3.52. The summed E-state index contributed by atoms with van der Waals surface area (Å²) < 4.78 is 0.818. The van der Waals surface area contributed by atoms with E-state index in [4.69, 9.17) is 5.73 Å². The topological polar surface area (TPSA) is 55.1 Å². The molecule has 21 heavy (non-hydrogen) atoms. The molecule has 0 radical (unpaired) electrons. The molecule has 3 nitrogen and oxygen atoms in total. The Morgan fingerprint density at radius 2 is 2.24 bits per heavy atom. The van der Waals surface area contributed by atoms with Crippen molar-refractivity contribution in [3.63, 3.8) is 0 Å². The molecule has 5 heteroatoms. The Hall–Kier alpha value is -1.33. The molecule has 0 saturated heterocycles. The molecule has 0 spiro atoms. The van der Waals surface area contributed by atoms with Crippen molar-refractivity contribution in [2.75, 3.05) is 5.73 Å². The summed E-state index contributed by atoms with van der Waals surface area (Å²) in [6.45, 7) is 3.99. The summed E-state index contributed by atoms with van der Waals surface area (Å²) in [6.07, 6.45) is 1.94. The van der Waals surface area contributed by atoms with Crippen molar-refractivity contribution in [3.8, 4) is 0 Å². The molecule has 1 aromatic heterocycles. The Kier molecular flexibility index (Phi) is 5.42. The van der Waals surface area contributed by atoms with E-state index in [1.165, 1.54) is 4.88 Å². The van der Waals surface area contributed by atoms with Crippen LogP contribution in [0.3, 0.4) is 0 Å². The van der Waals surface area contributed by atoms with Gasteiger partial charge in [-0.3, -0.25) is 4.79 Å². The van der Waals surface area contributed by atoms with Gasteiger partial charge in [0.1, 0.15) is 0 Å². The number of nitrogens with two attached hydrogens (primary N) is 1. The second kappa shape index (κ2) is 7.09. The Morgan fingerprint density at radius 1 is 1.48 bits per heavy atom. The van der Waals surface area contributed by atoms with Gasteiger partial charge in [-0.2, -0.15) is 0 Å². The summed E-state index contributed by atoms with van der Waals surface area (Å²) in [7, 11) is 0. The maximum atomic E-state index is 12.6. The first-order valence-electron chi connectivity index (χ1n) is 6.92. The lowest BCUT2D eigenvalue weighted by Crippen LogP contribution is -2.28. The number of nitrogen functional groups attached to an aromatic ring is 1. The lowest BCUT2D eigenvalue weighted by atomic mass is 10.0. The average Bonchev–Trinajstić information content (AvgIpc) is 2.96. The summed E-state index contributed by atoms with van der Waals surface area (Å²) >= 11 is 5.06. The smallest absolute Gasteiger partial charge is 0.252 e. The predicted molar refractivity (Wildman–Crippen MR) is 92.7 cm³/mol. The van der Waals surface area contributed by atoms with Crippen molar-refractivity contribution in [2.24, 2.45) is 0 Å². The van der Waals surface area contributed by atoms with E-state index in [9.17, 15) is 4.79 Å². The molecule has 0 bridgehead atoms. The van der Waals surface area contributed by atoms with Gasteiger partial charge in [0.15, 0.2) is 0 Å². The zero-order valence-corrected chi connectivity index (χ0v) is 14.6. The van der Waals surface area contributed by atoms with E-state index in [1.54, 1.807) is 11.3 Å². The Morgan fingerprint density at radius 3 is 2.86 bits per heavy atom. The molecule has 0 saturated carbocycles. The van der Waals surface area contributed by atoms with Crippen molar-refractivity contribution in [3.05, 3.63) is 50.1 Å². The predicted octanol–water partition coefficient (Wildman–Crippen LogP) is 4.67. The number of benzene rings is 1. The monoisotopic (exact) mass is 366 g/mol. The number of carbonyl (C=O) groups is 1. The molecule has 2 aromatic rings. The molecule has 0 aliphatic carbocycles. The molecule has 1 unspecified atom stereocenters. The minimum Gasteiger partial charge on any atom is -0.398 e. The highest BCUT2D eigenvalue weighted by Crippen LogP contribution is 2.26. The van der Waals surface area contributed by atoms with Gasteiger partial charge in [0.2, 0.25) is 0 Å². The van der Waals surface area contributed by atoms with Crippen molar-refractivity contribution in [2.45, 2.75) is 32.7 Å². The molecule has 0 aliphatic rings. The van der Waals surface area contributed by atoms with E-state index in [0.717, 1.165) is 22.9 Å². The largest absolute Gasteiger partial charge is 0.398 e. The minimum atomic E-state index is -0.0765. The first-order valence-corrected chi connectivity index (χ1v) is 8.60. The number of halogens is 1. The Balaban J connectivity index is 2.23. The third-order valence-corrected chi connectivity index (χ3v) is 4.87. The third-order valence-electron chi connectivity index (χ3n) is 3.43. The van der Waals surface area contributed by atoms with Gasteiger partial charge in [0.05, 0.1) is 6.04 Å². The lowest BCUT2D eigenvalue weighted by Gasteiger charge is -2.18. The molecule has 112 valence electrons. The van der Waals surface area contributed by atoms with Crippen LogP contribution in [0.25, 0.3) is 0 Å². The van der Waals surface area contributed by atoms with Crippen molar-refractivity contribution < 1.29 is 4.79 Å². The van der Waals surface area contributed by atoms with Gasteiger partial charge >= 0.3 is 0 Å². The summed E-state index contributed by atoms with van der Waals surface area (Å²) in [5.74, 6) is -0.0765. The number of carbonyl (C=O) groups excluding carboxylic acids is 1. The first-order chi connectivity index (χ1) is 10.0. The molecular formula is C16H19BrN2OS. The molecule has 0 aliphatic heterocycles. The van der Waals surface area contributed by atoms with E-state index in [1.807, 2.05) is 30.5 Å². The van der Waals surface area contributed by atoms with Crippen molar-refractivity contribution >= 4 is 38.9 Å². The van der Waals surface area contributed by atoms with Crippen LogP contribution >= 0.6 is 27.3 Å². The van der Waals surface area contributed by atoms with Crippen LogP contribution in [0.5, 0.6) is 0 Å². The van der Waals surface area contributed by atoms with Crippen LogP contribution in [-0.4, -0.2) is 5.91 Å². The number of anilines is 1. The summed E-state index contributed by atoms with van der Waals surface area (Å²) in [4.78, 5) is 13.8. The highest BCUT2D eigenvalue weighted by atomic mass is 79.9. The van der Waals surface area contributed by atoms with E-state index in [0.29, 0.717) is 11.3 Å². The standard InChI is InChI=1S/C16H19BrN2OS/c1-3-5-14(15-6-4-7-21-15)19-16(20)12-8-11(17)9-13(18)10(12)2/h4,6-9,14H,3,5,18H2,1-2H3,(H,19,20). The van der Waals surface area contributed by atoms with Gasteiger partial charge in [-0.1, -0.05) is 35.3 Å². The molecule has 1 atom stereocenters. The number of thiophene rings is 1. The van der Waals surface area contributed by atoms with Crippen LogP contribution in [0, 0.1) is 6.92 Å². The van der Waals surface area contributed by atoms with Gasteiger partial charge in [-0.25, -0.2) is 0 Å². The van der Waals surface area contributed by atoms with Crippen LogP contribution in [-0.2, 0) is 0 Å². The number of hydrogen-bond acceptors (Lipinski definition) is 3. The Labute approximate surface area is 137 Å². The van der Waals surface area contributed by atoms with Crippen LogP contribution < -0.4 is 11.1 Å². The molecule has 1 aromatic carbocycles. The summed E-state index contributed by atoms with van der Waals surface area (Å²) in [6, 6.07) is 7.76. The van der Waals surface area contributed by atoms with E-state index in [2.05, 4.69) is 34.2 Å². The maximum Gasteiger partial charge on any atom is 0.252 e. The third kappa shape index (κ3) is 3.86. The van der Waals surface area contributed by atoms with Crippen molar-refractivity contribution in [1.82, 2.24) is 5.32 Å². The molecule has 2 rings (SSSR count). The number of nitrogens with one attached hydrogen (secondary N) is 1. The quantitative estimate of drug-likeness (QED) is 0.755. The minimum absolute atomic E-state index is 0.0575. The van der Waals surface area contributed by atoms with E-state index >= 15 is 0 Å². The van der Waals surface area contributed by atoms with Crippen LogP contribution in [0.4, 0.5) is 5.69 Å². The average molecular weight is 367 g/mol. The maximum absolute atomic E-state index is 12.6. The summed E-state index contributed by atoms with van der Waals surface area (Å²) in [5, 5.41) is 5.16. The Bertz CT molecular complexity index is 625. The molecular weight excluding hydrogens is 348 g/mol. The van der Waals surface area contributed by atoms with Gasteiger partial charge in [0, 0.05) is 20.6 Å². The number of amides is 1. The van der Waals surface area contributed by atoms with Crippen LogP contribution in [0.2, 0.25) is 0 Å². The SMILES string of the molecule is CCCC(NC(=O)c1cc(Br)cc(N)c1C)c1cccs1. The van der Waals surface area contributed by atoms with Gasteiger partial charge in [-0.05, 0) is 42.5 Å². The van der Waals surface area contributed by atoms with E-state index in [-0.39, 0.29) is 11.9 Å². The van der Waals surface area contributed by atoms with E-state index < -0.39 is 0 Å². The molecule has 1 amide bonds. The summed E-state index contributed by atoms with van der Waals surface area (Å²) in [5.41, 5.74) is 8.00. The fraction of sp³-hybridized carbons (Fsp3) is 0.312. The molecule has 1 heterocycles. The van der Waals surface area contributed by atoms with Crippen LogP contribution in [0.15, 0.2) is 34.1 Å². The number of rotatable bonds is 5. The van der Waals surface area contributed by atoms with Crippen molar-refractivity contribution in [1.29, 1.82) is 0 Å². The first kappa shape index (κ1) is 16.0. The van der Waals surface area contributed by atoms with Crippen LogP contribution in [0.1, 0.15) is 46.6 Å². The molecule has 3 N–H and O–H groups in total. The molecule has 0 fully saturated rings. The van der Waals surface area contributed by atoms with Gasteiger partial charge < -0.3 is 11.1 Å². The zero-order chi connectivity index (χ0) is 15.4. The normalized spacial score (nSPS) is 12.1. The lowest BCUT2D eigenvalue weighted by molar-refractivity contribution is 0.0934. The van der Waals surface area contributed by atoms with Gasteiger partial charge in [-0.15, -0.1) is 11.3 Å². The van der Waals surface area contributed by atoms with Gasteiger partial charge in [0.25, 0.3) is 5.91 Å². The fourth-order valence-electron chi connectivity index (χ4n) is 2.24. The highest BCUT2D eigenvalue weighted by molar-refractivity contribution is 9.10. The zero-order valence-electron chi connectivity index (χ0n) is 12.2. The second-order valence-corrected chi connectivity index (χ2v) is 6.89. The second-order valence-electron chi connectivity index (χ2n) is 5.00. The highest BCUT2D eigenvalue weighted by Gasteiger charge is 2.18.